The Morgan fingerprint density at radius 3 is 1.00 bits per heavy atom. The zero-order valence-electron chi connectivity index (χ0n) is 1.71. The third-order valence-corrected chi connectivity index (χ3v) is 0. The molecule has 4 heavy (non-hydrogen) atoms. The summed E-state index contributed by atoms with van der Waals surface area (Å²) in [6.07, 6.45) is 0. The largest absolute Gasteiger partial charge is 0.153 e. The molecule has 4 heteroatoms. The van der Waals surface area contributed by atoms with Crippen LogP contribution in [0.15, 0.2) is 0 Å². The maximum absolute atomic E-state index is 0. The zero-order chi connectivity index (χ0) is 0. The fraction of sp³-hybridized carbons (Fsp3) is 0. The van der Waals surface area contributed by atoms with Gasteiger partial charge < -0.3 is 0 Å². The molecule has 1 unspecified atom stereocenters. The van der Waals surface area contributed by atoms with Gasteiger partial charge in [0.15, 0.2) is 0 Å². The first kappa shape index (κ1) is 38.3. The van der Waals surface area contributed by atoms with Crippen LogP contribution in [0.5, 0.6) is 0 Å². The van der Waals surface area contributed by atoms with Crippen LogP contribution in [0.4, 0.5) is 0 Å². The van der Waals surface area contributed by atoms with Crippen molar-refractivity contribution in [3.63, 3.8) is 0 Å². The topological polar surface area (TPSA) is 0 Å². The smallest absolute Gasteiger partial charge is 0 e. The van der Waals surface area contributed by atoms with Gasteiger partial charge in [0.1, 0.15) is 0 Å². The van der Waals surface area contributed by atoms with Gasteiger partial charge in [-0.05, 0) is 0 Å². The molecule has 0 aromatic heterocycles. The number of rotatable bonds is 0. The fourth-order valence-corrected chi connectivity index (χ4v) is 0. The van der Waals surface area contributed by atoms with Crippen LogP contribution in [0.3, 0.4) is 0 Å². The van der Waals surface area contributed by atoms with E-state index in [-0.39, 0.29) is 60.2 Å². The molecule has 0 aromatic rings. The van der Waals surface area contributed by atoms with E-state index >= 15 is 0 Å². The van der Waals surface area contributed by atoms with E-state index in [9.17, 15) is 0 Å². The van der Waals surface area contributed by atoms with Crippen LogP contribution in [-0.2, 0) is 50.3 Å². The molecule has 1 atom stereocenters. The second-order valence-corrected chi connectivity index (χ2v) is 0. The van der Waals surface area contributed by atoms with Gasteiger partial charge >= 0.3 is 0 Å². The van der Waals surface area contributed by atoms with E-state index in [4.69, 9.17) is 0 Å². The molecule has 0 saturated heterocycles. The molecule has 1 radical (unpaired) electrons. The summed E-state index contributed by atoms with van der Waals surface area (Å²) in [5, 5.41) is 0. The summed E-state index contributed by atoms with van der Waals surface area (Å²) >= 11 is 0. The summed E-state index contributed by atoms with van der Waals surface area (Å²) in [6.45, 7) is 0. The molecule has 0 amide bonds. The Morgan fingerprint density at radius 2 is 1.00 bits per heavy atom. The van der Waals surface area contributed by atoms with Gasteiger partial charge in [0.25, 0.3) is 0 Å². The van der Waals surface area contributed by atoms with Gasteiger partial charge in [0.2, 0.25) is 0 Å². The molecule has 0 nitrogen and oxygen atoms in total. The van der Waals surface area contributed by atoms with Gasteiger partial charge in [-0.25, -0.2) is 0 Å². The van der Waals surface area contributed by atoms with Gasteiger partial charge in [-0.2, -0.15) is 9.90 Å². The molecule has 0 aliphatic rings. The van der Waals surface area contributed by atoms with E-state index in [2.05, 4.69) is 0 Å². The normalized spacial score (nSPS) is 0. The van der Waals surface area contributed by atoms with E-state index in [1.807, 2.05) is 0 Å². The minimum Gasteiger partial charge on any atom is -0.153 e. The first-order valence-electron chi connectivity index (χ1n) is 0. The molecule has 0 heterocycles. The Bertz CT molecular complexity index is 8.00. The summed E-state index contributed by atoms with van der Waals surface area (Å²) in [4.78, 5) is 0. The number of hydrogen-bond donors (Lipinski definition) is 0. The molecule has 0 aliphatic heterocycles. The second kappa shape index (κ2) is 20.3. The molecule has 35 valence electrons. The zero-order valence-corrected chi connectivity index (χ0v) is 6.26. The van der Waals surface area contributed by atoms with E-state index in [1.54, 1.807) is 0 Å². The van der Waals surface area contributed by atoms with Crippen molar-refractivity contribution < 1.29 is 50.3 Å². The summed E-state index contributed by atoms with van der Waals surface area (Å²) in [5.41, 5.74) is 0. The fourth-order valence-electron chi connectivity index (χ4n) is 0. The summed E-state index contributed by atoms with van der Waals surface area (Å²) in [6, 6.07) is 0. The van der Waals surface area contributed by atoms with E-state index in [0.29, 0.717) is 0 Å². The van der Waals surface area contributed by atoms with E-state index in [1.165, 1.54) is 0 Å². The average molecular weight is 207 g/mol. The summed E-state index contributed by atoms with van der Waals surface area (Å²) < 4.78 is 0. The van der Waals surface area contributed by atoms with Crippen molar-refractivity contribution in [1.29, 1.82) is 0 Å². The van der Waals surface area contributed by atoms with Gasteiger partial charge in [-0.15, -0.1) is 0 Å². The standard InChI is InChI=1S/Co.Fe.Ni.H3P/h;;;1H3. The molecule has 0 bridgehead atoms. The second-order valence-electron chi connectivity index (χ2n) is 0. The van der Waals surface area contributed by atoms with E-state index < -0.39 is 0 Å². The van der Waals surface area contributed by atoms with Crippen molar-refractivity contribution in [3.8, 4) is 0 Å². The molecule has 0 saturated carbocycles. The predicted molar refractivity (Wildman–Crippen MR) is 11.1 cm³/mol. The summed E-state index contributed by atoms with van der Waals surface area (Å²) in [5.74, 6) is 0. The summed E-state index contributed by atoms with van der Waals surface area (Å²) in [7, 11) is 0. The Hall–Kier alpha value is 1.95. The maximum Gasteiger partial charge on any atom is 0 e. The van der Waals surface area contributed by atoms with Crippen molar-refractivity contribution in [2.24, 2.45) is 0 Å². The van der Waals surface area contributed by atoms with Crippen LogP contribution in [0.2, 0.25) is 0 Å². The molecule has 0 fully saturated rings. The van der Waals surface area contributed by atoms with Crippen molar-refractivity contribution in [1.82, 2.24) is 0 Å². The molecular weight excluding hydrogens is 204 g/mol. The van der Waals surface area contributed by atoms with Crippen LogP contribution < -0.4 is 0 Å². The minimum absolute atomic E-state index is 0. The van der Waals surface area contributed by atoms with Gasteiger partial charge in [-0.3, -0.25) is 0 Å². The predicted octanol–water partition coefficient (Wildman–Crippen LogP) is 0.0506. The Kier molecular flexibility index (Phi) is 195. The molecule has 0 aromatic carbocycles. The monoisotopic (exact) mass is 207 g/mol. The SMILES string of the molecule is P.[Co].[Fe].[Ni]. The van der Waals surface area contributed by atoms with Crippen LogP contribution in [0.25, 0.3) is 0 Å². The Labute approximate surface area is 60.1 Å². The number of hydrogen-bond acceptors (Lipinski definition) is 0. The third-order valence-electron chi connectivity index (χ3n) is 0. The minimum atomic E-state index is 0. The molecular formula is H3CoFeNiP. The first-order chi connectivity index (χ1) is 0. The van der Waals surface area contributed by atoms with Gasteiger partial charge in [0, 0.05) is 50.3 Å². The van der Waals surface area contributed by atoms with E-state index in [0.717, 1.165) is 0 Å². The van der Waals surface area contributed by atoms with Crippen LogP contribution >= 0.6 is 9.90 Å². The van der Waals surface area contributed by atoms with Crippen molar-refractivity contribution >= 4 is 9.90 Å². The maximum atomic E-state index is 0. The Balaban J connectivity index is 0. The Morgan fingerprint density at radius 1 is 1.00 bits per heavy atom. The van der Waals surface area contributed by atoms with Crippen LogP contribution in [0, 0.1) is 0 Å². The molecule has 0 aliphatic carbocycles. The van der Waals surface area contributed by atoms with Gasteiger partial charge in [-0.1, -0.05) is 0 Å². The van der Waals surface area contributed by atoms with Crippen LogP contribution in [-0.4, -0.2) is 0 Å². The molecule has 0 rings (SSSR count). The van der Waals surface area contributed by atoms with Crippen LogP contribution in [0.1, 0.15) is 0 Å². The molecule has 0 N–H and O–H groups in total. The molecule has 0 spiro atoms. The van der Waals surface area contributed by atoms with Gasteiger partial charge in [0.05, 0.1) is 0 Å². The van der Waals surface area contributed by atoms with Crippen molar-refractivity contribution in [3.05, 3.63) is 0 Å². The van der Waals surface area contributed by atoms with Crippen molar-refractivity contribution in [2.45, 2.75) is 0 Å². The van der Waals surface area contributed by atoms with Crippen molar-refractivity contribution in [2.75, 3.05) is 0 Å². The quantitative estimate of drug-likeness (QED) is 0.389. The third kappa shape index (κ3) is 9.04. The first-order valence-corrected chi connectivity index (χ1v) is 0. The average Bonchev–Trinajstić information content (AvgIpc) is 0.